The first-order valence-corrected chi connectivity index (χ1v) is 8.51. The van der Waals surface area contributed by atoms with Gasteiger partial charge in [0.25, 0.3) is 10.0 Å². The van der Waals surface area contributed by atoms with E-state index in [2.05, 4.69) is 20.7 Å². The summed E-state index contributed by atoms with van der Waals surface area (Å²) in [5, 5.41) is 0.321. The number of nitrogens with one attached hydrogen (secondary N) is 1. The molecule has 102 valence electrons. The Hall–Kier alpha value is -0.630. The van der Waals surface area contributed by atoms with E-state index in [0.29, 0.717) is 8.81 Å². The molecule has 0 fully saturated rings. The summed E-state index contributed by atoms with van der Waals surface area (Å²) in [6, 6.07) is 5.55. The first-order valence-electron chi connectivity index (χ1n) is 5.04. The average molecular weight is 385 g/mol. The SMILES string of the molecule is Cc1c(F)cccc1NS(=O)(=O)c1cc(Cl)c(Br)s1. The third kappa shape index (κ3) is 3.10. The maximum atomic E-state index is 13.4. The Morgan fingerprint density at radius 3 is 2.68 bits per heavy atom. The number of hydrogen-bond acceptors (Lipinski definition) is 3. The Balaban J connectivity index is 2.39. The van der Waals surface area contributed by atoms with Crippen molar-refractivity contribution in [2.45, 2.75) is 11.1 Å². The van der Waals surface area contributed by atoms with E-state index in [1.54, 1.807) is 0 Å². The Kier molecular flexibility index (Phi) is 4.20. The number of benzene rings is 1. The molecule has 0 spiro atoms. The smallest absolute Gasteiger partial charge is 0.271 e. The van der Waals surface area contributed by atoms with Gasteiger partial charge in [-0.05, 0) is 41.1 Å². The van der Waals surface area contributed by atoms with E-state index in [1.807, 2.05) is 0 Å². The number of sulfonamides is 1. The molecule has 0 saturated carbocycles. The van der Waals surface area contributed by atoms with Crippen LogP contribution in [0.5, 0.6) is 0 Å². The van der Waals surface area contributed by atoms with Gasteiger partial charge in [0, 0.05) is 5.56 Å². The minimum atomic E-state index is -3.77. The molecule has 2 aromatic rings. The molecular weight excluding hydrogens is 377 g/mol. The minimum Gasteiger partial charge on any atom is -0.279 e. The van der Waals surface area contributed by atoms with Crippen LogP contribution in [0, 0.1) is 12.7 Å². The molecule has 1 aromatic carbocycles. The van der Waals surface area contributed by atoms with E-state index in [4.69, 9.17) is 11.6 Å². The van der Waals surface area contributed by atoms with Crippen molar-refractivity contribution in [1.82, 2.24) is 0 Å². The molecule has 1 N–H and O–H groups in total. The Bertz CT molecular complexity index is 711. The highest BCUT2D eigenvalue weighted by atomic mass is 79.9. The lowest BCUT2D eigenvalue weighted by atomic mass is 10.2. The van der Waals surface area contributed by atoms with Crippen LogP contribution in [0.15, 0.2) is 32.3 Å². The number of rotatable bonds is 3. The molecule has 0 bridgehead atoms. The molecule has 0 unspecified atom stereocenters. The van der Waals surface area contributed by atoms with Gasteiger partial charge in [0.1, 0.15) is 10.0 Å². The number of anilines is 1. The van der Waals surface area contributed by atoms with Crippen LogP contribution >= 0.6 is 38.9 Å². The van der Waals surface area contributed by atoms with Crippen molar-refractivity contribution in [1.29, 1.82) is 0 Å². The molecule has 0 saturated heterocycles. The number of halogens is 3. The lowest BCUT2D eigenvalue weighted by Gasteiger charge is -2.09. The summed E-state index contributed by atoms with van der Waals surface area (Å²) >= 11 is 9.95. The van der Waals surface area contributed by atoms with Crippen LogP contribution in [0.3, 0.4) is 0 Å². The molecule has 0 aliphatic rings. The van der Waals surface area contributed by atoms with Crippen molar-refractivity contribution in [3.05, 3.63) is 44.5 Å². The summed E-state index contributed by atoms with van der Waals surface area (Å²) in [5.41, 5.74) is 0.452. The average Bonchev–Trinajstić information content (AvgIpc) is 2.66. The van der Waals surface area contributed by atoms with Crippen LogP contribution in [0.2, 0.25) is 5.02 Å². The van der Waals surface area contributed by atoms with Crippen molar-refractivity contribution >= 4 is 54.6 Å². The first kappa shape index (κ1) is 14.8. The predicted molar refractivity (Wildman–Crippen MR) is 79.0 cm³/mol. The second-order valence-electron chi connectivity index (χ2n) is 3.70. The Morgan fingerprint density at radius 2 is 2.11 bits per heavy atom. The molecule has 2 rings (SSSR count). The highest BCUT2D eigenvalue weighted by Gasteiger charge is 2.20. The van der Waals surface area contributed by atoms with Crippen LogP contribution in [0.25, 0.3) is 0 Å². The van der Waals surface area contributed by atoms with Crippen LogP contribution in [0.4, 0.5) is 10.1 Å². The van der Waals surface area contributed by atoms with Crippen molar-refractivity contribution in [2.75, 3.05) is 4.72 Å². The molecule has 1 heterocycles. The van der Waals surface area contributed by atoms with Gasteiger partial charge in [0.05, 0.1) is 14.5 Å². The molecule has 1 aromatic heterocycles. The van der Waals surface area contributed by atoms with Crippen molar-refractivity contribution in [2.24, 2.45) is 0 Å². The highest BCUT2D eigenvalue weighted by molar-refractivity contribution is 9.11. The maximum absolute atomic E-state index is 13.4. The third-order valence-corrected chi connectivity index (χ3v) is 6.71. The lowest BCUT2D eigenvalue weighted by molar-refractivity contribution is 0.602. The zero-order valence-electron chi connectivity index (χ0n) is 9.58. The van der Waals surface area contributed by atoms with E-state index < -0.39 is 15.8 Å². The van der Waals surface area contributed by atoms with E-state index in [9.17, 15) is 12.8 Å². The van der Waals surface area contributed by atoms with Crippen LogP contribution in [0.1, 0.15) is 5.56 Å². The fourth-order valence-electron chi connectivity index (χ4n) is 1.37. The fourth-order valence-corrected chi connectivity index (χ4v) is 4.89. The van der Waals surface area contributed by atoms with Gasteiger partial charge in [0.15, 0.2) is 0 Å². The predicted octanol–water partition coefficient (Wildman–Crippen LogP) is 4.41. The molecule has 0 amide bonds. The van der Waals surface area contributed by atoms with Gasteiger partial charge in [-0.25, -0.2) is 12.8 Å². The fraction of sp³-hybridized carbons (Fsp3) is 0.0909. The lowest BCUT2D eigenvalue weighted by Crippen LogP contribution is -2.12. The molecule has 0 radical (unpaired) electrons. The summed E-state index contributed by atoms with van der Waals surface area (Å²) in [6.07, 6.45) is 0. The topological polar surface area (TPSA) is 46.2 Å². The van der Waals surface area contributed by atoms with E-state index >= 15 is 0 Å². The molecule has 0 atom stereocenters. The van der Waals surface area contributed by atoms with Gasteiger partial charge in [-0.15, -0.1) is 11.3 Å². The standard InChI is InChI=1S/C11H8BrClFNO2S2/c1-6-8(14)3-2-4-9(6)15-19(16,17)10-5-7(13)11(12)18-10/h2-5,15H,1H3. The first-order chi connectivity index (χ1) is 8.81. The summed E-state index contributed by atoms with van der Waals surface area (Å²) in [7, 11) is -3.77. The Morgan fingerprint density at radius 1 is 1.42 bits per heavy atom. The summed E-state index contributed by atoms with van der Waals surface area (Å²) in [4.78, 5) is 0. The van der Waals surface area contributed by atoms with Crippen molar-refractivity contribution in [3.8, 4) is 0 Å². The van der Waals surface area contributed by atoms with Gasteiger partial charge >= 0.3 is 0 Å². The van der Waals surface area contributed by atoms with Crippen molar-refractivity contribution < 1.29 is 12.8 Å². The van der Waals surface area contributed by atoms with E-state index in [-0.39, 0.29) is 15.5 Å². The number of hydrogen-bond donors (Lipinski definition) is 1. The molecule has 3 nitrogen and oxygen atoms in total. The molecule has 0 aliphatic carbocycles. The molecule has 8 heteroatoms. The van der Waals surface area contributed by atoms with E-state index in [1.165, 1.54) is 31.2 Å². The van der Waals surface area contributed by atoms with Crippen molar-refractivity contribution in [3.63, 3.8) is 0 Å². The summed E-state index contributed by atoms with van der Waals surface area (Å²) < 4.78 is 40.6. The second kappa shape index (κ2) is 5.40. The van der Waals surface area contributed by atoms with Gasteiger partial charge in [-0.2, -0.15) is 0 Å². The highest BCUT2D eigenvalue weighted by Crippen LogP contribution is 2.35. The van der Waals surface area contributed by atoms with Gasteiger partial charge in [-0.3, -0.25) is 4.72 Å². The monoisotopic (exact) mass is 383 g/mol. The maximum Gasteiger partial charge on any atom is 0.271 e. The van der Waals surface area contributed by atoms with Gasteiger partial charge < -0.3 is 0 Å². The quantitative estimate of drug-likeness (QED) is 0.852. The zero-order valence-corrected chi connectivity index (χ0v) is 13.6. The van der Waals surface area contributed by atoms with Gasteiger partial charge in [0.2, 0.25) is 0 Å². The van der Waals surface area contributed by atoms with Crippen LogP contribution < -0.4 is 4.72 Å². The third-order valence-electron chi connectivity index (χ3n) is 2.40. The summed E-state index contributed by atoms with van der Waals surface area (Å²) in [5.74, 6) is -0.467. The largest absolute Gasteiger partial charge is 0.279 e. The molecule has 19 heavy (non-hydrogen) atoms. The van der Waals surface area contributed by atoms with Crippen LogP contribution in [-0.2, 0) is 10.0 Å². The summed E-state index contributed by atoms with van der Waals surface area (Å²) in [6.45, 7) is 1.50. The zero-order chi connectivity index (χ0) is 14.2. The normalized spacial score (nSPS) is 11.6. The Labute approximate surface area is 127 Å². The van der Waals surface area contributed by atoms with E-state index in [0.717, 1.165) is 11.3 Å². The molecular formula is C11H8BrClFNO2S2. The molecule has 0 aliphatic heterocycles. The minimum absolute atomic E-state index is 0.0630. The van der Waals surface area contributed by atoms with Crippen LogP contribution in [-0.4, -0.2) is 8.42 Å². The second-order valence-corrected chi connectivity index (χ2v) is 8.39. The van der Waals surface area contributed by atoms with Gasteiger partial charge in [-0.1, -0.05) is 17.7 Å². The number of thiophene rings is 1.